The number of H-pyrrole nitrogens is 1. The molecule has 3 aromatic rings. The summed E-state index contributed by atoms with van der Waals surface area (Å²) >= 11 is 5.85. The minimum atomic E-state index is -1.15. The van der Waals surface area contributed by atoms with Crippen molar-refractivity contribution in [2.75, 3.05) is 14.2 Å². The van der Waals surface area contributed by atoms with Crippen LogP contribution in [0.3, 0.4) is 0 Å². The van der Waals surface area contributed by atoms with Crippen molar-refractivity contribution in [1.29, 1.82) is 0 Å². The first-order chi connectivity index (χ1) is 20.9. The summed E-state index contributed by atoms with van der Waals surface area (Å²) in [5.74, 6) is 0.00926. The van der Waals surface area contributed by atoms with E-state index in [1.807, 2.05) is 31.2 Å². The van der Waals surface area contributed by atoms with Crippen LogP contribution in [0.25, 0.3) is 12.2 Å². The van der Waals surface area contributed by atoms with Gasteiger partial charge in [0.2, 0.25) is 0 Å². The maximum absolute atomic E-state index is 12.6. The van der Waals surface area contributed by atoms with Crippen LogP contribution in [-0.2, 0) is 32.1 Å². The van der Waals surface area contributed by atoms with Crippen LogP contribution in [-0.4, -0.2) is 48.1 Å². The van der Waals surface area contributed by atoms with Crippen LogP contribution >= 0.6 is 11.6 Å². The number of esters is 2. The largest absolute Gasteiger partial charge is 0.485 e. The van der Waals surface area contributed by atoms with E-state index in [0.717, 1.165) is 22.8 Å². The van der Waals surface area contributed by atoms with Crippen molar-refractivity contribution in [2.45, 2.75) is 60.1 Å². The number of aromatic amines is 1. The summed E-state index contributed by atoms with van der Waals surface area (Å²) in [5.41, 5.74) is 5.31. The Hall–Kier alpha value is -4.37. The van der Waals surface area contributed by atoms with E-state index in [-0.39, 0.29) is 13.0 Å². The van der Waals surface area contributed by atoms with Gasteiger partial charge in [-0.15, -0.1) is 0 Å². The van der Waals surface area contributed by atoms with Crippen molar-refractivity contribution in [2.24, 2.45) is 5.92 Å². The number of allylic oxidation sites excluding steroid dienone is 1. The number of rotatable bonds is 12. The number of aryl methyl sites for hydroxylation is 2. The standard InChI is InChI=1S/C23H27N3O6.C11H15Cl/c1-6-8-17-16(7-2)24-20(25-17)13-32-19-10-9-15(11-14(19)3)22(28)26-18(23(29)31-5)12-21(27)30-4;1-8(2)6-10-4-5-11(12)7-9(10)3/h6-11,18H,2,12-13H2,1,3-5H3,(H,24,25)(H,26,28);4-5,7-8H,6H2,1-3H3/b8-6-;. The second-order valence-corrected chi connectivity index (χ2v) is 10.9. The highest BCUT2D eigenvalue weighted by atomic mass is 35.5. The van der Waals surface area contributed by atoms with Crippen molar-refractivity contribution < 1.29 is 28.6 Å². The molecule has 9 nitrogen and oxygen atoms in total. The fourth-order valence-corrected chi connectivity index (χ4v) is 4.45. The Balaban J connectivity index is 0.000000469. The van der Waals surface area contributed by atoms with Crippen molar-refractivity contribution >= 4 is 41.6 Å². The monoisotopic (exact) mass is 623 g/mol. The molecule has 0 saturated heterocycles. The molecule has 44 heavy (non-hydrogen) atoms. The number of benzene rings is 2. The van der Waals surface area contributed by atoms with Gasteiger partial charge in [0.25, 0.3) is 5.91 Å². The summed E-state index contributed by atoms with van der Waals surface area (Å²) in [6, 6.07) is 9.80. The molecule has 1 amide bonds. The lowest BCUT2D eigenvalue weighted by molar-refractivity contribution is -0.149. The minimum absolute atomic E-state index is 0.203. The molecule has 0 saturated carbocycles. The van der Waals surface area contributed by atoms with Crippen molar-refractivity contribution in [3.63, 3.8) is 0 Å². The number of amides is 1. The van der Waals surface area contributed by atoms with E-state index in [1.54, 1.807) is 31.2 Å². The quantitative estimate of drug-likeness (QED) is 0.217. The molecule has 1 atom stereocenters. The average molecular weight is 624 g/mol. The van der Waals surface area contributed by atoms with E-state index in [0.29, 0.717) is 28.6 Å². The lowest BCUT2D eigenvalue weighted by Crippen LogP contribution is -2.43. The first kappa shape index (κ1) is 35.8. The van der Waals surface area contributed by atoms with Crippen LogP contribution in [0.4, 0.5) is 0 Å². The Morgan fingerprint density at radius 3 is 2.36 bits per heavy atom. The number of carbonyl (C=O) groups excluding carboxylic acids is 3. The highest BCUT2D eigenvalue weighted by molar-refractivity contribution is 6.30. The maximum atomic E-state index is 12.6. The molecular weight excluding hydrogens is 582 g/mol. The fourth-order valence-electron chi connectivity index (χ4n) is 4.22. The maximum Gasteiger partial charge on any atom is 0.328 e. The molecular formula is C34H42ClN3O6. The Kier molecular flexibility index (Phi) is 14.4. The van der Waals surface area contributed by atoms with Crippen molar-refractivity contribution in [1.82, 2.24) is 15.3 Å². The molecule has 2 aromatic carbocycles. The summed E-state index contributed by atoms with van der Waals surface area (Å²) < 4.78 is 15.0. The van der Waals surface area contributed by atoms with E-state index in [4.69, 9.17) is 16.3 Å². The smallest absolute Gasteiger partial charge is 0.328 e. The zero-order chi connectivity index (χ0) is 32.8. The SMILES string of the molecule is C=Cc1nc(COc2ccc(C(=O)NC(CC(=O)OC)C(=O)OC)cc2C)[nH]c1/C=C\C.Cc1cc(Cl)ccc1CC(C)C. The summed E-state index contributed by atoms with van der Waals surface area (Å²) in [4.78, 5) is 43.6. The molecule has 1 heterocycles. The topological polar surface area (TPSA) is 120 Å². The van der Waals surface area contributed by atoms with E-state index >= 15 is 0 Å². The molecule has 3 rings (SSSR count). The van der Waals surface area contributed by atoms with Crippen LogP contribution in [0, 0.1) is 19.8 Å². The predicted octanol–water partition coefficient (Wildman–Crippen LogP) is 6.65. The number of carbonyl (C=O) groups is 3. The van der Waals surface area contributed by atoms with E-state index < -0.39 is 23.9 Å². The third kappa shape index (κ3) is 11.0. The molecule has 0 spiro atoms. The highest BCUT2D eigenvalue weighted by Crippen LogP contribution is 2.21. The van der Waals surface area contributed by atoms with Crippen LogP contribution in [0.1, 0.15) is 71.5 Å². The number of nitrogens with one attached hydrogen (secondary N) is 2. The predicted molar refractivity (Wildman–Crippen MR) is 174 cm³/mol. The molecule has 0 aliphatic heterocycles. The molecule has 0 aliphatic carbocycles. The highest BCUT2D eigenvalue weighted by Gasteiger charge is 2.26. The van der Waals surface area contributed by atoms with Crippen LogP contribution in [0.5, 0.6) is 5.75 Å². The first-order valence-corrected chi connectivity index (χ1v) is 14.6. The molecule has 0 radical (unpaired) electrons. The van der Waals surface area contributed by atoms with Crippen LogP contribution in [0.15, 0.2) is 49.1 Å². The normalized spacial score (nSPS) is 11.4. The number of aromatic nitrogens is 2. The zero-order valence-corrected chi connectivity index (χ0v) is 27.2. The van der Waals surface area contributed by atoms with Crippen LogP contribution < -0.4 is 10.1 Å². The molecule has 0 bridgehead atoms. The van der Waals surface area contributed by atoms with Crippen LogP contribution in [0.2, 0.25) is 5.02 Å². The van der Waals surface area contributed by atoms with Gasteiger partial charge in [-0.3, -0.25) is 9.59 Å². The van der Waals surface area contributed by atoms with Gasteiger partial charge in [-0.1, -0.05) is 44.2 Å². The number of methoxy groups -OCH3 is 2. The summed E-state index contributed by atoms with van der Waals surface area (Å²) in [6.07, 6.45) is 6.27. The number of hydrogen-bond donors (Lipinski definition) is 2. The van der Waals surface area contributed by atoms with Crippen molar-refractivity contribution in [3.8, 4) is 5.75 Å². The van der Waals surface area contributed by atoms with Gasteiger partial charge in [-0.2, -0.15) is 0 Å². The Labute approximate surface area is 264 Å². The van der Waals surface area contributed by atoms with Gasteiger partial charge in [-0.05, 0) is 92.3 Å². The lowest BCUT2D eigenvalue weighted by atomic mass is 9.99. The molecule has 236 valence electrons. The number of halogens is 1. The Bertz CT molecular complexity index is 1480. The summed E-state index contributed by atoms with van der Waals surface area (Å²) in [6.45, 7) is 14.2. The van der Waals surface area contributed by atoms with Gasteiger partial charge >= 0.3 is 11.9 Å². The molecule has 2 N–H and O–H groups in total. The second-order valence-electron chi connectivity index (χ2n) is 10.5. The number of imidazole rings is 1. The average Bonchev–Trinajstić information content (AvgIpc) is 3.39. The van der Waals surface area contributed by atoms with E-state index in [9.17, 15) is 14.4 Å². The first-order valence-electron chi connectivity index (χ1n) is 14.2. The van der Waals surface area contributed by atoms with E-state index in [1.165, 1.54) is 25.3 Å². The van der Waals surface area contributed by atoms with Gasteiger partial charge in [0.1, 0.15) is 24.2 Å². The Morgan fingerprint density at radius 2 is 1.80 bits per heavy atom. The molecule has 10 heteroatoms. The van der Waals surface area contributed by atoms with Gasteiger partial charge in [-0.25, -0.2) is 9.78 Å². The number of hydrogen-bond acceptors (Lipinski definition) is 7. The van der Waals surface area contributed by atoms with Gasteiger partial charge in [0.05, 0.1) is 32.0 Å². The number of nitrogens with zero attached hydrogens (tertiary/aromatic N) is 1. The fraction of sp³-hybridized carbons (Fsp3) is 0.353. The molecule has 1 aromatic heterocycles. The third-order valence-electron chi connectivity index (χ3n) is 6.46. The lowest BCUT2D eigenvalue weighted by Gasteiger charge is -2.16. The molecule has 1 unspecified atom stereocenters. The minimum Gasteiger partial charge on any atom is -0.485 e. The summed E-state index contributed by atoms with van der Waals surface area (Å²) in [7, 11) is 2.37. The van der Waals surface area contributed by atoms with Crippen molar-refractivity contribution in [3.05, 3.63) is 93.5 Å². The van der Waals surface area contributed by atoms with Gasteiger partial charge < -0.3 is 24.5 Å². The third-order valence-corrected chi connectivity index (χ3v) is 6.70. The molecule has 0 fully saturated rings. The summed E-state index contributed by atoms with van der Waals surface area (Å²) in [5, 5.41) is 3.33. The van der Waals surface area contributed by atoms with E-state index in [2.05, 4.69) is 58.2 Å². The van der Waals surface area contributed by atoms with Gasteiger partial charge in [0.15, 0.2) is 0 Å². The second kappa shape index (κ2) is 17.7. The molecule has 0 aliphatic rings. The zero-order valence-electron chi connectivity index (χ0n) is 26.5. The Morgan fingerprint density at radius 1 is 1.07 bits per heavy atom. The number of ether oxygens (including phenoxy) is 3. The van der Waals surface area contributed by atoms with Gasteiger partial charge in [0, 0.05) is 10.6 Å².